The van der Waals surface area contributed by atoms with E-state index in [-0.39, 0.29) is 0 Å². The Morgan fingerprint density at radius 2 is 2.20 bits per heavy atom. The Morgan fingerprint density at radius 1 is 1.33 bits per heavy atom. The monoisotopic (exact) mass is 203 g/mol. The first kappa shape index (κ1) is 10.2. The summed E-state index contributed by atoms with van der Waals surface area (Å²) in [6.45, 7) is 0.776. The summed E-state index contributed by atoms with van der Waals surface area (Å²) in [5.74, 6) is 0. The normalized spacial score (nSPS) is 11.1. The van der Waals surface area contributed by atoms with Crippen LogP contribution in [0.1, 0.15) is 18.4 Å². The largest absolute Gasteiger partial charge is 0.334 e. The molecule has 0 fully saturated rings. The number of unbranched alkanes of at least 4 members (excludes halogenated alkanes) is 1. The van der Waals surface area contributed by atoms with Crippen molar-refractivity contribution in [1.29, 1.82) is 0 Å². The van der Waals surface area contributed by atoms with Gasteiger partial charge in [0.15, 0.2) is 0 Å². The van der Waals surface area contributed by atoms with Crippen LogP contribution in [0.2, 0.25) is 0 Å². The minimum atomic E-state index is 0.776. The fourth-order valence-electron chi connectivity index (χ4n) is 1.88. The number of hydrogen-bond acceptors (Lipinski definition) is 2. The molecule has 3 nitrogen and oxygen atoms in total. The maximum Gasteiger partial charge on any atom is 0.0955 e. The highest BCUT2D eigenvalue weighted by molar-refractivity contribution is 5.78. The molecule has 0 bridgehead atoms. The summed E-state index contributed by atoms with van der Waals surface area (Å²) in [6, 6.07) is 6.36. The Kier molecular flexibility index (Phi) is 3.02. The van der Waals surface area contributed by atoms with E-state index in [2.05, 4.69) is 27.8 Å². The van der Waals surface area contributed by atoms with Crippen molar-refractivity contribution in [2.75, 3.05) is 6.54 Å². The highest BCUT2D eigenvalue weighted by Gasteiger charge is 2.04. The number of para-hydroxylation sites is 1. The van der Waals surface area contributed by atoms with E-state index in [9.17, 15) is 0 Å². The third-order valence-corrected chi connectivity index (χ3v) is 2.74. The third kappa shape index (κ3) is 2.02. The lowest BCUT2D eigenvalue weighted by atomic mass is 10.1. The highest BCUT2D eigenvalue weighted by Crippen LogP contribution is 2.18. The summed E-state index contributed by atoms with van der Waals surface area (Å²) in [5.41, 5.74) is 9.17. The summed E-state index contributed by atoms with van der Waals surface area (Å²) in [4.78, 5) is 4.43. The van der Waals surface area contributed by atoms with Crippen molar-refractivity contribution >= 4 is 11.0 Å². The van der Waals surface area contributed by atoms with E-state index in [1.807, 2.05) is 13.4 Å². The molecule has 0 aliphatic rings. The lowest BCUT2D eigenvalue weighted by Crippen LogP contribution is -1.99. The summed E-state index contributed by atoms with van der Waals surface area (Å²) in [5, 5.41) is 0. The van der Waals surface area contributed by atoms with Crippen LogP contribution >= 0.6 is 0 Å². The van der Waals surface area contributed by atoms with Gasteiger partial charge in [0.1, 0.15) is 0 Å². The van der Waals surface area contributed by atoms with Crippen LogP contribution in [0.25, 0.3) is 11.0 Å². The standard InChI is InChI=1S/C12H17N3/c1-15-9-14-12-10(5-2-3-8-13)6-4-7-11(12)15/h4,6-7,9H,2-3,5,8,13H2,1H3. The van der Waals surface area contributed by atoms with Gasteiger partial charge < -0.3 is 10.3 Å². The van der Waals surface area contributed by atoms with Crippen LogP contribution in [0, 0.1) is 0 Å². The SMILES string of the molecule is Cn1cnc2c(CCCCN)cccc21. The van der Waals surface area contributed by atoms with Gasteiger partial charge in [-0.05, 0) is 37.4 Å². The predicted octanol–water partition coefficient (Wildman–Crippen LogP) is 1.85. The molecule has 1 heterocycles. The number of benzene rings is 1. The molecule has 0 atom stereocenters. The Labute approximate surface area is 89.9 Å². The average molecular weight is 203 g/mol. The predicted molar refractivity (Wildman–Crippen MR) is 62.7 cm³/mol. The molecule has 0 amide bonds. The molecule has 3 heteroatoms. The first-order valence-electron chi connectivity index (χ1n) is 5.42. The Morgan fingerprint density at radius 3 is 3.00 bits per heavy atom. The smallest absolute Gasteiger partial charge is 0.0955 e. The van der Waals surface area contributed by atoms with Crippen LogP contribution in [0.5, 0.6) is 0 Å². The molecule has 0 saturated carbocycles. The van der Waals surface area contributed by atoms with Gasteiger partial charge in [-0.15, -0.1) is 0 Å². The average Bonchev–Trinajstić information content (AvgIpc) is 2.62. The highest BCUT2D eigenvalue weighted by atomic mass is 15.0. The van der Waals surface area contributed by atoms with Crippen molar-refractivity contribution in [3.8, 4) is 0 Å². The van der Waals surface area contributed by atoms with Crippen LogP contribution in [-0.2, 0) is 13.5 Å². The van der Waals surface area contributed by atoms with Crippen molar-refractivity contribution in [2.24, 2.45) is 12.8 Å². The zero-order chi connectivity index (χ0) is 10.7. The van der Waals surface area contributed by atoms with Crippen molar-refractivity contribution < 1.29 is 0 Å². The molecule has 0 spiro atoms. The topological polar surface area (TPSA) is 43.8 Å². The Bertz CT molecular complexity index is 445. The van der Waals surface area contributed by atoms with Crippen LogP contribution in [-0.4, -0.2) is 16.1 Å². The van der Waals surface area contributed by atoms with Gasteiger partial charge in [0.25, 0.3) is 0 Å². The zero-order valence-electron chi connectivity index (χ0n) is 9.11. The molecule has 0 radical (unpaired) electrons. The van der Waals surface area contributed by atoms with E-state index < -0.39 is 0 Å². The van der Waals surface area contributed by atoms with E-state index in [4.69, 9.17) is 5.73 Å². The van der Waals surface area contributed by atoms with Crippen molar-refractivity contribution in [3.63, 3.8) is 0 Å². The summed E-state index contributed by atoms with van der Waals surface area (Å²) >= 11 is 0. The van der Waals surface area contributed by atoms with Crippen LogP contribution in [0.15, 0.2) is 24.5 Å². The van der Waals surface area contributed by atoms with Crippen molar-refractivity contribution in [1.82, 2.24) is 9.55 Å². The summed E-state index contributed by atoms with van der Waals surface area (Å²) in [6.07, 6.45) is 5.18. The van der Waals surface area contributed by atoms with Gasteiger partial charge in [-0.25, -0.2) is 4.98 Å². The molecule has 0 aliphatic carbocycles. The fraction of sp³-hybridized carbons (Fsp3) is 0.417. The van der Waals surface area contributed by atoms with Gasteiger partial charge in [-0.2, -0.15) is 0 Å². The second-order valence-corrected chi connectivity index (χ2v) is 3.89. The molecule has 80 valence electrons. The Hall–Kier alpha value is -1.35. The summed E-state index contributed by atoms with van der Waals surface area (Å²) < 4.78 is 2.06. The molecule has 2 rings (SSSR count). The number of aryl methyl sites for hydroxylation is 2. The zero-order valence-corrected chi connectivity index (χ0v) is 9.11. The van der Waals surface area contributed by atoms with Crippen molar-refractivity contribution in [2.45, 2.75) is 19.3 Å². The first-order chi connectivity index (χ1) is 7.33. The van der Waals surface area contributed by atoms with Gasteiger partial charge in [0.2, 0.25) is 0 Å². The van der Waals surface area contributed by atoms with Crippen molar-refractivity contribution in [3.05, 3.63) is 30.1 Å². The number of rotatable bonds is 4. The molecular weight excluding hydrogens is 186 g/mol. The molecule has 0 saturated heterocycles. The molecule has 0 aliphatic heterocycles. The lowest BCUT2D eigenvalue weighted by molar-refractivity contribution is 0.747. The van der Waals surface area contributed by atoms with Crippen LogP contribution < -0.4 is 5.73 Å². The molecule has 1 aromatic carbocycles. The summed E-state index contributed by atoms with van der Waals surface area (Å²) in [7, 11) is 2.03. The van der Waals surface area contributed by atoms with Gasteiger partial charge in [-0.3, -0.25) is 0 Å². The second-order valence-electron chi connectivity index (χ2n) is 3.89. The molecular formula is C12H17N3. The lowest BCUT2D eigenvalue weighted by Gasteiger charge is -2.02. The van der Waals surface area contributed by atoms with Gasteiger partial charge in [-0.1, -0.05) is 12.1 Å². The fourth-order valence-corrected chi connectivity index (χ4v) is 1.88. The van der Waals surface area contributed by atoms with E-state index in [1.54, 1.807) is 0 Å². The van der Waals surface area contributed by atoms with E-state index in [0.717, 1.165) is 31.3 Å². The van der Waals surface area contributed by atoms with Crippen LogP contribution in [0.3, 0.4) is 0 Å². The number of imidazole rings is 1. The Balaban J connectivity index is 2.26. The third-order valence-electron chi connectivity index (χ3n) is 2.74. The number of hydrogen-bond donors (Lipinski definition) is 1. The second kappa shape index (κ2) is 4.45. The minimum absolute atomic E-state index is 0.776. The molecule has 0 unspecified atom stereocenters. The maximum absolute atomic E-state index is 5.49. The quantitative estimate of drug-likeness (QED) is 0.771. The number of fused-ring (bicyclic) bond motifs is 1. The van der Waals surface area contributed by atoms with Crippen LogP contribution in [0.4, 0.5) is 0 Å². The van der Waals surface area contributed by atoms with E-state index >= 15 is 0 Å². The minimum Gasteiger partial charge on any atom is -0.334 e. The van der Waals surface area contributed by atoms with E-state index in [1.165, 1.54) is 11.1 Å². The van der Waals surface area contributed by atoms with E-state index in [0.29, 0.717) is 0 Å². The first-order valence-corrected chi connectivity index (χ1v) is 5.42. The molecule has 15 heavy (non-hydrogen) atoms. The van der Waals surface area contributed by atoms with Gasteiger partial charge in [0, 0.05) is 7.05 Å². The number of aromatic nitrogens is 2. The molecule has 2 N–H and O–H groups in total. The van der Waals surface area contributed by atoms with Gasteiger partial charge >= 0.3 is 0 Å². The molecule has 1 aromatic heterocycles. The number of nitrogens with two attached hydrogens (primary N) is 1. The van der Waals surface area contributed by atoms with Gasteiger partial charge in [0.05, 0.1) is 17.4 Å². The maximum atomic E-state index is 5.49. The number of nitrogens with zero attached hydrogens (tertiary/aromatic N) is 2. The molecule has 2 aromatic rings.